The van der Waals surface area contributed by atoms with Gasteiger partial charge >= 0.3 is 5.97 Å². The van der Waals surface area contributed by atoms with Crippen molar-refractivity contribution < 1.29 is 14.6 Å². The first kappa shape index (κ1) is 15.0. The second-order valence-electron chi connectivity index (χ2n) is 6.29. The highest BCUT2D eigenvalue weighted by molar-refractivity contribution is 9.10. The average Bonchev–Trinajstić information content (AvgIpc) is 2.44. The third-order valence-electron chi connectivity index (χ3n) is 4.83. The van der Waals surface area contributed by atoms with Gasteiger partial charge in [-0.05, 0) is 61.9 Å². The number of aliphatic carboxylic acids is 1. The van der Waals surface area contributed by atoms with Gasteiger partial charge in [0.15, 0.2) is 0 Å². The van der Waals surface area contributed by atoms with E-state index in [1.54, 1.807) is 0 Å². The lowest BCUT2D eigenvalue weighted by molar-refractivity contribution is -0.194. The molecule has 0 bridgehead atoms. The molecule has 2 fully saturated rings. The topological polar surface area (TPSA) is 58.6 Å². The van der Waals surface area contributed by atoms with E-state index in [0.717, 1.165) is 48.8 Å². The minimum Gasteiger partial charge on any atom is -0.480 e. The number of benzene rings is 1. The van der Waals surface area contributed by atoms with Crippen molar-refractivity contribution in [3.8, 4) is 0 Å². The zero-order valence-corrected chi connectivity index (χ0v) is 13.5. The lowest BCUT2D eigenvalue weighted by Gasteiger charge is -2.57. The molecule has 2 N–H and O–H groups in total. The Kier molecular flexibility index (Phi) is 4.08. The van der Waals surface area contributed by atoms with Crippen molar-refractivity contribution in [2.75, 3.05) is 19.7 Å². The van der Waals surface area contributed by atoms with E-state index in [9.17, 15) is 4.79 Å². The van der Waals surface area contributed by atoms with Crippen molar-refractivity contribution in [1.82, 2.24) is 5.32 Å². The molecule has 3 rings (SSSR count). The molecule has 1 aliphatic carbocycles. The Balaban J connectivity index is 1.80. The molecule has 0 radical (unpaired) electrons. The van der Waals surface area contributed by atoms with Crippen LogP contribution < -0.4 is 5.32 Å². The molecule has 1 spiro atoms. The fourth-order valence-corrected chi connectivity index (χ4v) is 4.08. The number of rotatable bonds is 4. The molecule has 1 heterocycles. The van der Waals surface area contributed by atoms with E-state index < -0.39 is 11.6 Å². The van der Waals surface area contributed by atoms with Crippen LogP contribution in [0.15, 0.2) is 28.7 Å². The predicted molar refractivity (Wildman–Crippen MR) is 83.2 cm³/mol. The summed E-state index contributed by atoms with van der Waals surface area (Å²) in [6.45, 7) is 1.87. The summed E-state index contributed by atoms with van der Waals surface area (Å²) in [4.78, 5) is 10.9. The molecular formula is C16H20BrNO3. The van der Waals surface area contributed by atoms with Crippen LogP contribution in [0.3, 0.4) is 0 Å². The Labute approximate surface area is 133 Å². The van der Waals surface area contributed by atoms with Crippen LogP contribution in [0.4, 0.5) is 0 Å². The normalized spacial score (nSPS) is 22.7. The second kappa shape index (κ2) is 5.71. The molecule has 114 valence electrons. The van der Waals surface area contributed by atoms with Crippen molar-refractivity contribution in [3.63, 3.8) is 0 Å². The van der Waals surface area contributed by atoms with E-state index in [4.69, 9.17) is 9.84 Å². The Morgan fingerprint density at radius 2 is 1.86 bits per heavy atom. The van der Waals surface area contributed by atoms with Gasteiger partial charge < -0.3 is 15.2 Å². The first-order valence-corrected chi connectivity index (χ1v) is 8.16. The van der Waals surface area contributed by atoms with Crippen LogP contribution in [0.25, 0.3) is 0 Å². The van der Waals surface area contributed by atoms with E-state index in [0.29, 0.717) is 5.41 Å². The molecule has 0 atom stereocenters. The fraction of sp³-hybridized carbons (Fsp3) is 0.562. The molecule has 1 aromatic rings. The summed E-state index contributed by atoms with van der Waals surface area (Å²) >= 11 is 3.44. The molecule has 0 unspecified atom stereocenters. The van der Waals surface area contributed by atoms with Gasteiger partial charge in [0.1, 0.15) is 6.61 Å². The lowest BCUT2D eigenvalue weighted by atomic mass is 9.53. The van der Waals surface area contributed by atoms with Crippen molar-refractivity contribution >= 4 is 21.9 Å². The molecule has 1 saturated heterocycles. The summed E-state index contributed by atoms with van der Waals surface area (Å²) in [5, 5.41) is 12.3. The Bertz CT molecular complexity index is 515. The molecule has 0 amide bonds. The number of hydrogen-bond donors (Lipinski definition) is 2. The maximum absolute atomic E-state index is 10.9. The van der Waals surface area contributed by atoms with E-state index in [2.05, 4.69) is 21.2 Å². The van der Waals surface area contributed by atoms with Crippen LogP contribution in [0.1, 0.15) is 31.2 Å². The Morgan fingerprint density at radius 3 is 2.43 bits per heavy atom. The van der Waals surface area contributed by atoms with Gasteiger partial charge in [-0.1, -0.05) is 28.1 Å². The lowest BCUT2D eigenvalue weighted by Crippen LogP contribution is -2.55. The summed E-state index contributed by atoms with van der Waals surface area (Å²) in [7, 11) is 0. The molecule has 1 aliphatic heterocycles. The summed E-state index contributed by atoms with van der Waals surface area (Å²) in [6, 6.07) is 8.07. The van der Waals surface area contributed by atoms with Crippen LogP contribution in [0.2, 0.25) is 0 Å². The maximum Gasteiger partial charge on any atom is 0.329 e. The number of carboxylic acids is 1. The number of carboxylic acid groups (broad SMARTS) is 1. The molecule has 0 aromatic heterocycles. The molecule has 1 aromatic carbocycles. The summed E-state index contributed by atoms with van der Waals surface area (Å²) < 4.78 is 6.87. The third kappa shape index (κ3) is 3.00. The van der Waals surface area contributed by atoms with Crippen LogP contribution in [0.5, 0.6) is 0 Å². The van der Waals surface area contributed by atoms with Crippen molar-refractivity contribution in [3.05, 3.63) is 34.3 Å². The van der Waals surface area contributed by atoms with Gasteiger partial charge in [0, 0.05) is 4.47 Å². The molecule has 4 nitrogen and oxygen atoms in total. The predicted octanol–water partition coefficient (Wildman–Crippen LogP) is 2.91. The van der Waals surface area contributed by atoms with Crippen LogP contribution in [-0.4, -0.2) is 30.8 Å². The third-order valence-corrected chi connectivity index (χ3v) is 5.36. The van der Waals surface area contributed by atoms with Gasteiger partial charge in [-0.15, -0.1) is 0 Å². The van der Waals surface area contributed by atoms with Gasteiger partial charge in [0.25, 0.3) is 0 Å². The van der Waals surface area contributed by atoms with E-state index >= 15 is 0 Å². The molecule has 5 heteroatoms. The molecule has 1 saturated carbocycles. The second-order valence-corrected chi connectivity index (χ2v) is 7.20. The fourth-order valence-electron chi connectivity index (χ4n) is 3.81. The summed E-state index contributed by atoms with van der Waals surface area (Å²) in [5.74, 6) is -0.905. The summed E-state index contributed by atoms with van der Waals surface area (Å²) in [5.41, 5.74) is 1.00. The smallest absolute Gasteiger partial charge is 0.329 e. The molecule has 21 heavy (non-hydrogen) atoms. The zero-order chi connectivity index (χ0) is 14.9. The van der Waals surface area contributed by atoms with Crippen molar-refractivity contribution in [2.24, 2.45) is 5.41 Å². The largest absolute Gasteiger partial charge is 0.480 e. The quantitative estimate of drug-likeness (QED) is 0.873. The van der Waals surface area contributed by atoms with E-state index in [1.165, 1.54) is 0 Å². The molecule has 2 aliphatic rings. The molecular weight excluding hydrogens is 334 g/mol. The number of ether oxygens (including phenoxy) is 1. The monoisotopic (exact) mass is 353 g/mol. The first-order chi connectivity index (χ1) is 10.0. The standard InChI is InChI=1S/C16H20BrNO3/c17-13-3-1-12(2-4-13)16(21-9-14(19)20)10-15(11-16)5-7-18-8-6-15/h1-4,18H,5-11H2,(H,19,20). The number of hydrogen-bond acceptors (Lipinski definition) is 3. The van der Waals surface area contributed by atoms with Gasteiger partial charge in [-0.25, -0.2) is 4.79 Å². The van der Waals surface area contributed by atoms with Gasteiger partial charge in [-0.2, -0.15) is 0 Å². The van der Waals surface area contributed by atoms with Crippen LogP contribution >= 0.6 is 15.9 Å². The number of halogens is 1. The van der Waals surface area contributed by atoms with Crippen molar-refractivity contribution in [1.29, 1.82) is 0 Å². The minimum absolute atomic E-state index is 0.232. The Hall–Kier alpha value is -0.910. The van der Waals surface area contributed by atoms with Crippen LogP contribution in [0, 0.1) is 5.41 Å². The highest BCUT2D eigenvalue weighted by Crippen LogP contribution is 2.60. The van der Waals surface area contributed by atoms with Crippen molar-refractivity contribution in [2.45, 2.75) is 31.3 Å². The SMILES string of the molecule is O=C(O)COC1(c2ccc(Br)cc2)CC2(CCNCC2)C1. The first-order valence-electron chi connectivity index (χ1n) is 7.36. The number of piperidine rings is 1. The summed E-state index contributed by atoms with van der Waals surface area (Å²) in [6.07, 6.45) is 4.16. The van der Waals surface area contributed by atoms with Gasteiger partial charge in [-0.3, -0.25) is 0 Å². The number of carbonyl (C=O) groups is 1. The van der Waals surface area contributed by atoms with E-state index in [1.807, 2.05) is 24.3 Å². The highest BCUT2D eigenvalue weighted by atomic mass is 79.9. The zero-order valence-electron chi connectivity index (χ0n) is 11.9. The van der Waals surface area contributed by atoms with Crippen LogP contribution in [-0.2, 0) is 15.1 Å². The van der Waals surface area contributed by atoms with E-state index in [-0.39, 0.29) is 6.61 Å². The van der Waals surface area contributed by atoms with Gasteiger partial charge in [0.2, 0.25) is 0 Å². The maximum atomic E-state index is 10.9. The average molecular weight is 354 g/mol. The Morgan fingerprint density at radius 1 is 1.24 bits per heavy atom. The number of nitrogens with one attached hydrogen (secondary N) is 1. The highest BCUT2D eigenvalue weighted by Gasteiger charge is 2.56. The van der Waals surface area contributed by atoms with Gasteiger partial charge in [0.05, 0.1) is 5.60 Å². The minimum atomic E-state index is -0.905.